The molecule has 0 aliphatic carbocycles. The molecule has 1 atom stereocenters. The zero-order valence-electron chi connectivity index (χ0n) is 17.9. The van der Waals surface area contributed by atoms with E-state index in [1.165, 1.54) is 37.3 Å². The van der Waals surface area contributed by atoms with Crippen molar-refractivity contribution >= 4 is 28.2 Å². The summed E-state index contributed by atoms with van der Waals surface area (Å²) in [5.74, 6) is -1.47. The Hall–Kier alpha value is -2.61. The van der Waals surface area contributed by atoms with Crippen LogP contribution in [-0.4, -0.2) is 53.3 Å². The Morgan fingerprint density at radius 2 is 1.94 bits per heavy atom. The summed E-state index contributed by atoms with van der Waals surface area (Å²) >= 11 is 0. The number of halogens is 3. The lowest BCUT2D eigenvalue weighted by molar-refractivity contribution is 0.0561. The third-order valence-corrected chi connectivity index (χ3v) is 8.06. The summed E-state index contributed by atoms with van der Waals surface area (Å²) in [5.41, 5.74) is 4.76. The van der Waals surface area contributed by atoms with Gasteiger partial charge >= 0.3 is 6.55 Å². The second-order valence-electron chi connectivity index (χ2n) is 8.19. The van der Waals surface area contributed by atoms with Crippen LogP contribution in [0.1, 0.15) is 43.4 Å². The van der Waals surface area contributed by atoms with Crippen LogP contribution < -0.4 is 11.1 Å². The van der Waals surface area contributed by atoms with Crippen molar-refractivity contribution in [1.82, 2.24) is 14.1 Å². The standard InChI is InChI=1S/C19H25F3N6O3S/c1-18(2)16(23)25-19(3,10-27(4)32(18,30)31)12-9-11(5-6-13(12)20)24-15(29)14-7-8-28(26-14)17(21)22/h5-9,17,30-31H,10H2,1-4H3,(H2,23,25)(H,24,29)/t19-/m0/s1. The van der Waals surface area contributed by atoms with Gasteiger partial charge in [0.25, 0.3) is 5.91 Å². The van der Waals surface area contributed by atoms with Crippen molar-refractivity contribution in [2.75, 3.05) is 18.9 Å². The van der Waals surface area contributed by atoms with Crippen LogP contribution in [0.5, 0.6) is 0 Å². The highest BCUT2D eigenvalue weighted by Gasteiger charge is 2.48. The zero-order valence-corrected chi connectivity index (χ0v) is 18.7. The van der Waals surface area contributed by atoms with Gasteiger partial charge in [-0.15, -0.1) is 10.8 Å². The van der Waals surface area contributed by atoms with Gasteiger partial charge in [-0.2, -0.15) is 13.9 Å². The lowest BCUT2D eigenvalue weighted by atomic mass is 9.91. The van der Waals surface area contributed by atoms with Gasteiger partial charge in [-0.25, -0.2) is 13.4 Å². The van der Waals surface area contributed by atoms with Gasteiger partial charge in [0.2, 0.25) is 0 Å². The van der Waals surface area contributed by atoms with Gasteiger partial charge in [0.15, 0.2) is 5.69 Å². The van der Waals surface area contributed by atoms with E-state index in [1.807, 2.05) is 0 Å². The fourth-order valence-electron chi connectivity index (χ4n) is 3.41. The minimum absolute atomic E-state index is 0.0520. The number of nitrogens with two attached hydrogens (primary N) is 1. The second-order valence-corrected chi connectivity index (χ2v) is 10.9. The maximum Gasteiger partial charge on any atom is 0.333 e. The molecule has 0 saturated carbocycles. The summed E-state index contributed by atoms with van der Waals surface area (Å²) in [5, 5.41) is 5.99. The normalized spacial score (nSPS) is 24.0. The molecule has 3 rings (SSSR count). The van der Waals surface area contributed by atoms with Crippen LogP contribution in [0.3, 0.4) is 0 Å². The molecule has 2 aromatic rings. The molecule has 0 radical (unpaired) electrons. The molecule has 1 aliphatic rings. The number of nitrogens with zero attached hydrogens (tertiary/aromatic N) is 4. The number of anilines is 1. The summed E-state index contributed by atoms with van der Waals surface area (Å²) in [6.07, 6.45) is 0.968. The van der Waals surface area contributed by atoms with Gasteiger partial charge < -0.3 is 11.1 Å². The maximum absolute atomic E-state index is 14.9. The predicted octanol–water partition coefficient (Wildman–Crippen LogP) is 3.63. The lowest BCUT2D eigenvalue weighted by Gasteiger charge is -2.50. The number of carbonyl (C=O) groups excluding carboxylic acids is 1. The van der Waals surface area contributed by atoms with Crippen LogP contribution in [0.25, 0.3) is 0 Å². The number of benzene rings is 1. The molecule has 0 bridgehead atoms. The van der Waals surface area contributed by atoms with E-state index in [-0.39, 0.29) is 29.3 Å². The fourth-order valence-corrected chi connectivity index (χ4v) is 4.95. The van der Waals surface area contributed by atoms with Gasteiger partial charge in [-0.05, 0) is 45.0 Å². The van der Waals surface area contributed by atoms with Crippen molar-refractivity contribution in [3.8, 4) is 0 Å². The molecule has 1 aromatic heterocycles. The molecule has 0 spiro atoms. The van der Waals surface area contributed by atoms with Gasteiger partial charge in [-0.3, -0.25) is 18.9 Å². The number of amidine groups is 1. The molecule has 1 amide bonds. The van der Waals surface area contributed by atoms with Crippen LogP contribution in [0.4, 0.5) is 18.9 Å². The first kappa shape index (κ1) is 24.0. The van der Waals surface area contributed by atoms with Crippen molar-refractivity contribution in [3.05, 3.63) is 47.5 Å². The Kier molecular flexibility index (Phi) is 6.06. The molecule has 5 N–H and O–H groups in total. The number of rotatable bonds is 4. The van der Waals surface area contributed by atoms with E-state index in [2.05, 4.69) is 15.4 Å². The van der Waals surface area contributed by atoms with Gasteiger partial charge in [-0.1, -0.05) is 0 Å². The molecule has 13 heteroatoms. The second kappa shape index (κ2) is 8.06. The first-order chi connectivity index (χ1) is 14.7. The van der Waals surface area contributed by atoms with E-state index in [0.29, 0.717) is 4.68 Å². The molecule has 176 valence electrons. The number of carbonyl (C=O) groups is 1. The fraction of sp³-hybridized carbons (Fsp3) is 0.421. The molecule has 9 nitrogen and oxygen atoms in total. The zero-order chi connectivity index (χ0) is 24.1. The van der Waals surface area contributed by atoms with Gasteiger partial charge in [0.1, 0.15) is 21.9 Å². The third kappa shape index (κ3) is 4.08. The topological polar surface area (TPSA) is 129 Å². The number of hydrogen-bond acceptors (Lipinski definition) is 7. The highest BCUT2D eigenvalue weighted by Crippen LogP contribution is 2.57. The van der Waals surface area contributed by atoms with E-state index >= 15 is 0 Å². The minimum atomic E-state index is -3.37. The first-order valence-corrected chi connectivity index (χ1v) is 11.0. The van der Waals surface area contributed by atoms with E-state index < -0.39 is 39.3 Å². The van der Waals surface area contributed by atoms with E-state index in [1.54, 1.807) is 6.92 Å². The molecule has 0 unspecified atom stereocenters. The number of aliphatic imine (C=N–C) groups is 1. The van der Waals surface area contributed by atoms with E-state index in [9.17, 15) is 27.1 Å². The summed E-state index contributed by atoms with van der Waals surface area (Å²) in [6.45, 7) is 1.69. The number of aromatic nitrogens is 2. The Bertz CT molecular complexity index is 1070. The number of amides is 1. The highest BCUT2D eigenvalue weighted by atomic mass is 32.3. The minimum Gasteiger partial charge on any atom is -0.386 e. The summed E-state index contributed by atoms with van der Waals surface area (Å²) in [6, 6.07) is 4.89. The Morgan fingerprint density at radius 1 is 1.28 bits per heavy atom. The average molecular weight is 475 g/mol. The molecule has 1 aromatic carbocycles. The van der Waals surface area contributed by atoms with Crippen molar-refractivity contribution < 1.29 is 27.1 Å². The predicted molar refractivity (Wildman–Crippen MR) is 116 cm³/mol. The highest BCUT2D eigenvalue weighted by molar-refractivity contribution is 8.24. The van der Waals surface area contributed by atoms with Gasteiger partial charge in [0.05, 0.1) is 0 Å². The number of likely N-dealkylation sites (N-methyl/N-ethyl adjacent to an activating group) is 1. The molecule has 0 saturated heterocycles. The number of hydrogen-bond donors (Lipinski definition) is 4. The quantitative estimate of drug-likeness (QED) is 0.536. The van der Waals surface area contributed by atoms with Crippen molar-refractivity contribution in [2.24, 2.45) is 10.7 Å². The SMILES string of the molecule is CN1C[C@@](C)(c2cc(NC(=O)c3ccn(C(F)F)n3)ccc2F)N=C(N)C(C)(C)S1(O)O. The molecular weight excluding hydrogens is 449 g/mol. The summed E-state index contributed by atoms with van der Waals surface area (Å²) < 4.78 is 62.0. The van der Waals surface area contributed by atoms with Crippen LogP contribution in [0, 0.1) is 5.82 Å². The van der Waals surface area contributed by atoms with Crippen LogP contribution >= 0.6 is 10.8 Å². The van der Waals surface area contributed by atoms with Crippen LogP contribution in [-0.2, 0) is 5.54 Å². The van der Waals surface area contributed by atoms with E-state index in [0.717, 1.165) is 18.3 Å². The Morgan fingerprint density at radius 3 is 2.53 bits per heavy atom. The smallest absolute Gasteiger partial charge is 0.333 e. The van der Waals surface area contributed by atoms with E-state index in [4.69, 9.17) is 5.73 Å². The molecule has 2 heterocycles. The number of nitrogens with one attached hydrogen (secondary N) is 1. The maximum atomic E-state index is 14.9. The monoisotopic (exact) mass is 474 g/mol. The van der Waals surface area contributed by atoms with Crippen LogP contribution in [0.2, 0.25) is 0 Å². The van der Waals surface area contributed by atoms with Crippen molar-refractivity contribution in [1.29, 1.82) is 0 Å². The summed E-state index contributed by atoms with van der Waals surface area (Å²) in [4.78, 5) is 16.8. The third-order valence-electron chi connectivity index (χ3n) is 5.48. The van der Waals surface area contributed by atoms with Gasteiger partial charge in [0, 0.05) is 31.0 Å². The van der Waals surface area contributed by atoms with Crippen molar-refractivity contribution in [3.63, 3.8) is 0 Å². The molecule has 32 heavy (non-hydrogen) atoms. The largest absolute Gasteiger partial charge is 0.386 e. The molecule has 0 fully saturated rings. The first-order valence-electron chi connectivity index (χ1n) is 9.48. The molecular formula is C19H25F3N6O3S. The summed E-state index contributed by atoms with van der Waals surface area (Å²) in [7, 11) is -1.90. The Labute approximate surface area is 184 Å². The van der Waals surface area contributed by atoms with Crippen molar-refractivity contribution in [2.45, 2.75) is 37.6 Å². The average Bonchev–Trinajstić information content (AvgIpc) is 3.18. The Balaban J connectivity index is 1.97. The lowest BCUT2D eigenvalue weighted by Crippen LogP contribution is -2.46. The molecule has 1 aliphatic heterocycles. The number of alkyl halides is 2. The van der Waals surface area contributed by atoms with Crippen LogP contribution in [0.15, 0.2) is 35.5 Å².